The van der Waals surface area contributed by atoms with Gasteiger partial charge in [0, 0.05) is 19.0 Å². The maximum absolute atomic E-state index is 13.6. The van der Waals surface area contributed by atoms with Crippen LogP contribution in [0.5, 0.6) is 0 Å². The van der Waals surface area contributed by atoms with Crippen LogP contribution in [0.1, 0.15) is 87.5 Å². The second-order valence-electron chi connectivity index (χ2n) is 12.0. The highest BCUT2D eigenvalue weighted by molar-refractivity contribution is 6.45. The first-order valence-electron chi connectivity index (χ1n) is 12.4. The van der Waals surface area contributed by atoms with Crippen molar-refractivity contribution in [3.05, 3.63) is 0 Å². The fraction of sp³-hybridized carbons (Fsp3) is 0.875. The Balaban J connectivity index is 2.16. The van der Waals surface area contributed by atoms with Gasteiger partial charge < -0.3 is 30.4 Å². The number of carboxylic acid groups (broad SMARTS) is 1. The molecule has 0 spiro atoms. The molecule has 0 aromatic heterocycles. The highest BCUT2D eigenvalue weighted by atomic mass is 16.7. The Kier molecular flexibility index (Phi) is 8.73. The van der Waals surface area contributed by atoms with Crippen molar-refractivity contribution in [2.75, 3.05) is 6.54 Å². The first-order valence-corrected chi connectivity index (χ1v) is 12.4. The maximum Gasteiger partial charge on any atom is 0.457 e. The van der Waals surface area contributed by atoms with Gasteiger partial charge in [0.05, 0.1) is 11.2 Å². The van der Waals surface area contributed by atoms with Crippen molar-refractivity contribution in [3.63, 3.8) is 0 Å². The summed E-state index contributed by atoms with van der Waals surface area (Å²) in [5.74, 6) is -0.379. The third kappa shape index (κ3) is 7.10. The minimum atomic E-state index is -1.06. The molecular formula is C24H44BN3O6. The largest absolute Gasteiger partial charge is 0.465 e. The van der Waals surface area contributed by atoms with E-state index < -0.39 is 17.2 Å². The molecule has 1 aliphatic carbocycles. The molecule has 0 aromatic rings. The lowest BCUT2D eigenvalue weighted by Gasteiger charge is -2.37. The first-order chi connectivity index (χ1) is 15.5. The summed E-state index contributed by atoms with van der Waals surface area (Å²) in [5.41, 5.74) is -2.25. The molecule has 3 amide bonds. The molecule has 3 atom stereocenters. The maximum atomic E-state index is 13.6. The molecule has 1 heterocycles. The quantitative estimate of drug-likeness (QED) is 0.375. The van der Waals surface area contributed by atoms with Crippen molar-refractivity contribution >= 4 is 25.0 Å². The highest BCUT2D eigenvalue weighted by Gasteiger charge is 2.54. The average Bonchev–Trinajstić information content (AvgIpc) is 3.06. The van der Waals surface area contributed by atoms with E-state index in [0.29, 0.717) is 25.7 Å². The SMILES string of the molecule is CC(=O)N[C@@]1(C(=O)NC(C)(C)C)C[C@@H](CCNC(=O)O)CC1CCCB1OC(C)(C)C(C)(C)O1. The minimum Gasteiger partial charge on any atom is -0.465 e. The standard InChI is InChI=1S/C24H44BN3O6/c1-16(29)27-24(19(30)28-21(2,3)4)15-17(11-13-26-20(31)32)14-18(24)10-9-12-25-33-22(5,6)23(7,8)34-25/h17-18,26H,9-15H2,1-8H3,(H,27,29)(H,28,30)(H,31,32)/t17-,18?,24-/m0/s1. The molecule has 1 saturated carbocycles. The average molecular weight is 481 g/mol. The van der Waals surface area contributed by atoms with Gasteiger partial charge in [0.15, 0.2) is 0 Å². The number of carbonyl (C=O) groups is 3. The van der Waals surface area contributed by atoms with Crippen LogP contribution in [-0.2, 0) is 18.9 Å². The zero-order valence-corrected chi connectivity index (χ0v) is 22.2. The van der Waals surface area contributed by atoms with E-state index in [1.54, 1.807) is 0 Å². The predicted octanol–water partition coefficient (Wildman–Crippen LogP) is 3.33. The number of hydrogen-bond acceptors (Lipinski definition) is 5. The summed E-state index contributed by atoms with van der Waals surface area (Å²) in [4.78, 5) is 36.7. The van der Waals surface area contributed by atoms with Crippen LogP contribution < -0.4 is 16.0 Å². The van der Waals surface area contributed by atoms with Gasteiger partial charge in [-0.2, -0.15) is 0 Å². The summed E-state index contributed by atoms with van der Waals surface area (Å²) in [6.45, 7) is 15.6. The zero-order valence-electron chi connectivity index (χ0n) is 22.2. The molecule has 9 nitrogen and oxygen atoms in total. The van der Waals surface area contributed by atoms with Gasteiger partial charge in [0.25, 0.3) is 0 Å². The van der Waals surface area contributed by atoms with Crippen molar-refractivity contribution in [1.29, 1.82) is 0 Å². The zero-order chi connectivity index (χ0) is 25.9. The number of carbonyl (C=O) groups excluding carboxylic acids is 2. The van der Waals surface area contributed by atoms with E-state index in [1.165, 1.54) is 6.92 Å². The molecule has 1 saturated heterocycles. The molecule has 34 heavy (non-hydrogen) atoms. The number of nitrogens with one attached hydrogen (secondary N) is 3. The van der Waals surface area contributed by atoms with Gasteiger partial charge in [-0.05, 0) is 92.3 Å². The molecule has 4 N–H and O–H groups in total. The second kappa shape index (κ2) is 10.4. The van der Waals surface area contributed by atoms with Gasteiger partial charge in [0.1, 0.15) is 5.54 Å². The third-order valence-electron chi connectivity index (χ3n) is 7.34. The van der Waals surface area contributed by atoms with Gasteiger partial charge in [-0.25, -0.2) is 4.79 Å². The molecule has 194 valence electrons. The van der Waals surface area contributed by atoms with Crippen LogP contribution in [0.3, 0.4) is 0 Å². The van der Waals surface area contributed by atoms with Gasteiger partial charge in [0.2, 0.25) is 11.8 Å². The van der Waals surface area contributed by atoms with Gasteiger partial charge in [-0.3, -0.25) is 9.59 Å². The van der Waals surface area contributed by atoms with Crippen LogP contribution >= 0.6 is 0 Å². The Bertz CT molecular complexity index is 750. The molecule has 0 bridgehead atoms. The summed E-state index contributed by atoms with van der Waals surface area (Å²) < 4.78 is 12.2. The van der Waals surface area contributed by atoms with E-state index in [4.69, 9.17) is 14.4 Å². The fourth-order valence-corrected chi connectivity index (χ4v) is 5.14. The molecule has 10 heteroatoms. The van der Waals surface area contributed by atoms with Gasteiger partial charge >= 0.3 is 13.2 Å². The summed E-state index contributed by atoms with van der Waals surface area (Å²) in [5, 5.41) is 17.4. The Morgan fingerprint density at radius 2 is 1.65 bits per heavy atom. The van der Waals surface area contributed by atoms with E-state index in [0.717, 1.165) is 19.3 Å². The molecule has 1 aliphatic heterocycles. The van der Waals surface area contributed by atoms with Crippen molar-refractivity contribution in [2.24, 2.45) is 11.8 Å². The monoisotopic (exact) mass is 481 g/mol. The van der Waals surface area contributed by atoms with E-state index in [2.05, 4.69) is 16.0 Å². The Hall–Kier alpha value is -1.81. The van der Waals surface area contributed by atoms with Crippen LogP contribution in [0.15, 0.2) is 0 Å². The normalized spacial score (nSPS) is 27.9. The third-order valence-corrected chi connectivity index (χ3v) is 7.34. The van der Waals surface area contributed by atoms with Gasteiger partial charge in [-0.1, -0.05) is 6.42 Å². The van der Waals surface area contributed by atoms with Crippen molar-refractivity contribution < 1.29 is 28.8 Å². The molecule has 0 aromatic carbocycles. The van der Waals surface area contributed by atoms with Crippen LogP contribution in [-0.4, -0.2) is 59.0 Å². The second-order valence-corrected chi connectivity index (χ2v) is 12.0. The van der Waals surface area contributed by atoms with E-state index in [9.17, 15) is 14.4 Å². The highest BCUT2D eigenvalue weighted by Crippen LogP contribution is 2.45. The number of hydrogen-bond donors (Lipinski definition) is 4. The predicted molar refractivity (Wildman–Crippen MR) is 131 cm³/mol. The van der Waals surface area contributed by atoms with Crippen LogP contribution in [0.2, 0.25) is 6.32 Å². The molecule has 2 aliphatic rings. The van der Waals surface area contributed by atoms with Crippen LogP contribution in [0.4, 0.5) is 4.79 Å². The lowest BCUT2D eigenvalue weighted by molar-refractivity contribution is -0.135. The van der Waals surface area contributed by atoms with Crippen molar-refractivity contribution in [2.45, 2.75) is 116 Å². The van der Waals surface area contributed by atoms with Crippen molar-refractivity contribution in [3.8, 4) is 0 Å². The van der Waals surface area contributed by atoms with Crippen molar-refractivity contribution in [1.82, 2.24) is 16.0 Å². The number of amides is 3. The lowest BCUT2D eigenvalue weighted by atomic mass is 9.77. The first kappa shape index (κ1) is 28.4. The lowest BCUT2D eigenvalue weighted by Crippen LogP contribution is -2.63. The Labute approximate surface area is 204 Å². The van der Waals surface area contributed by atoms with Crippen LogP contribution in [0, 0.1) is 11.8 Å². The summed E-state index contributed by atoms with van der Waals surface area (Å²) >= 11 is 0. The summed E-state index contributed by atoms with van der Waals surface area (Å²) in [6, 6.07) is 0. The molecule has 0 radical (unpaired) electrons. The topological polar surface area (TPSA) is 126 Å². The molecule has 1 unspecified atom stereocenters. The minimum absolute atomic E-state index is 0.0731. The summed E-state index contributed by atoms with van der Waals surface area (Å²) in [7, 11) is -0.305. The molecule has 2 fully saturated rings. The van der Waals surface area contributed by atoms with Crippen LogP contribution in [0.25, 0.3) is 0 Å². The smallest absolute Gasteiger partial charge is 0.457 e. The number of rotatable bonds is 9. The van der Waals surface area contributed by atoms with E-state index >= 15 is 0 Å². The van der Waals surface area contributed by atoms with Gasteiger partial charge in [-0.15, -0.1) is 0 Å². The molecule has 2 rings (SSSR count). The summed E-state index contributed by atoms with van der Waals surface area (Å²) in [6.07, 6.45) is 2.99. The Morgan fingerprint density at radius 3 is 2.15 bits per heavy atom. The Morgan fingerprint density at radius 1 is 1.06 bits per heavy atom. The fourth-order valence-electron chi connectivity index (χ4n) is 5.14. The van der Waals surface area contributed by atoms with E-state index in [-0.39, 0.29) is 42.0 Å². The van der Waals surface area contributed by atoms with E-state index in [1.807, 2.05) is 48.5 Å². The molecular weight excluding hydrogens is 437 g/mol.